The van der Waals surface area contributed by atoms with Crippen LogP contribution in [0.1, 0.15) is 44.2 Å². The van der Waals surface area contributed by atoms with Gasteiger partial charge in [-0.3, -0.25) is 14.3 Å². The van der Waals surface area contributed by atoms with E-state index in [0.717, 1.165) is 6.07 Å². The van der Waals surface area contributed by atoms with Crippen LogP contribution in [-0.4, -0.2) is 33.7 Å². The summed E-state index contributed by atoms with van der Waals surface area (Å²) >= 11 is 12.2. The number of carbonyl (C=O) groups excluding carboxylic acids is 2. The highest BCUT2D eigenvalue weighted by Crippen LogP contribution is 2.50. The van der Waals surface area contributed by atoms with Gasteiger partial charge in [0.2, 0.25) is 11.8 Å². The summed E-state index contributed by atoms with van der Waals surface area (Å²) in [6, 6.07) is 8.25. The van der Waals surface area contributed by atoms with Gasteiger partial charge in [0.25, 0.3) is 0 Å². The smallest absolute Gasteiger partial charge is 0.243 e. The molecule has 3 aromatic rings. The number of aromatic nitrogens is 2. The maximum absolute atomic E-state index is 15.6. The van der Waals surface area contributed by atoms with E-state index in [2.05, 4.69) is 15.7 Å². The quantitative estimate of drug-likeness (QED) is 0.332. The van der Waals surface area contributed by atoms with Crippen LogP contribution in [0.4, 0.5) is 14.6 Å². The first-order valence-corrected chi connectivity index (χ1v) is 13.0. The van der Waals surface area contributed by atoms with Crippen LogP contribution in [0.25, 0.3) is 0 Å². The first-order valence-electron chi connectivity index (χ1n) is 12.3. The Bertz CT molecular complexity index is 1410. The Morgan fingerprint density at radius 3 is 2.54 bits per heavy atom. The summed E-state index contributed by atoms with van der Waals surface area (Å²) in [4.78, 5) is 25.0. The standard InChI is InChI=1S/C27H30Cl2F2N6O2/c1-26(2,3)12-19-27(33,16-8-7-14(28)11-18(16)30)22(15-5-4-6-17(29)23(15)31)24(34-19)25(39)35-21-9-10-37(36-21)13-20(32)38/h4-11,19,22,24,34H,12-13,33H2,1-3H3,(H2,32,38)(H,35,36,39)/t19-,22-,24+,27+/m0/s1. The van der Waals surface area contributed by atoms with E-state index in [9.17, 15) is 9.59 Å². The van der Waals surface area contributed by atoms with E-state index in [0.29, 0.717) is 6.42 Å². The molecule has 1 aliphatic rings. The van der Waals surface area contributed by atoms with Crippen LogP contribution in [0.5, 0.6) is 0 Å². The van der Waals surface area contributed by atoms with Crippen LogP contribution in [0.15, 0.2) is 48.7 Å². The van der Waals surface area contributed by atoms with E-state index in [-0.39, 0.29) is 38.9 Å². The molecule has 2 aromatic carbocycles. The minimum atomic E-state index is -1.60. The average molecular weight is 579 g/mol. The molecule has 2 heterocycles. The van der Waals surface area contributed by atoms with Crippen LogP contribution in [0.2, 0.25) is 10.0 Å². The lowest BCUT2D eigenvalue weighted by Crippen LogP contribution is -2.52. The number of hydrogen-bond donors (Lipinski definition) is 4. The van der Waals surface area contributed by atoms with Crippen molar-refractivity contribution in [2.75, 3.05) is 5.32 Å². The Balaban J connectivity index is 1.86. The van der Waals surface area contributed by atoms with Crippen molar-refractivity contribution < 1.29 is 18.4 Å². The van der Waals surface area contributed by atoms with E-state index < -0.39 is 47.0 Å². The van der Waals surface area contributed by atoms with Crippen LogP contribution in [0, 0.1) is 17.0 Å². The lowest BCUT2D eigenvalue weighted by molar-refractivity contribution is -0.119. The zero-order valence-corrected chi connectivity index (χ0v) is 23.2. The predicted octanol–water partition coefficient (Wildman–Crippen LogP) is 4.31. The number of anilines is 1. The van der Waals surface area contributed by atoms with Crippen molar-refractivity contribution in [2.45, 2.75) is 57.3 Å². The van der Waals surface area contributed by atoms with E-state index in [4.69, 9.17) is 34.7 Å². The van der Waals surface area contributed by atoms with Crippen LogP contribution in [0.3, 0.4) is 0 Å². The van der Waals surface area contributed by atoms with Gasteiger partial charge in [0, 0.05) is 34.8 Å². The largest absolute Gasteiger partial charge is 0.368 e. The van der Waals surface area contributed by atoms with Crippen LogP contribution >= 0.6 is 23.2 Å². The minimum absolute atomic E-state index is 0.0580. The Hall–Kier alpha value is -3.05. The number of amides is 2. The van der Waals surface area contributed by atoms with Gasteiger partial charge in [-0.2, -0.15) is 5.10 Å². The molecule has 39 heavy (non-hydrogen) atoms. The van der Waals surface area contributed by atoms with Crippen molar-refractivity contribution in [1.29, 1.82) is 0 Å². The molecular formula is C27H30Cl2F2N6O2. The number of nitrogens with one attached hydrogen (secondary N) is 2. The van der Waals surface area contributed by atoms with E-state index in [1.54, 1.807) is 6.07 Å². The number of nitrogens with zero attached hydrogens (tertiary/aromatic N) is 2. The van der Waals surface area contributed by atoms with Gasteiger partial charge in [-0.1, -0.05) is 62.2 Å². The number of rotatable bonds is 7. The van der Waals surface area contributed by atoms with Crippen LogP contribution in [-0.2, 0) is 21.7 Å². The fourth-order valence-electron chi connectivity index (χ4n) is 5.28. The fraction of sp³-hybridized carbons (Fsp3) is 0.370. The number of halogens is 4. The number of nitrogens with two attached hydrogens (primary N) is 2. The average Bonchev–Trinajstić information content (AvgIpc) is 3.36. The van der Waals surface area contributed by atoms with Gasteiger partial charge in [0.05, 0.1) is 16.6 Å². The molecule has 0 bridgehead atoms. The van der Waals surface area contributed by atoms with E-state index >= 15 is 8.78 Å². The van der Waals surface area contributed by atoms with E-state index in [1.165, 1.54) is 41.2 Å². The first kappa shape index (κ1) is 28.9. The zero-order chi connectivity index (χ0) is 28.7. The van der Waals surface area contributed by atoms with Crippen molar-refractivity contribution in [1.82, 2.24) is 15.1 Å². The summed E-state index contributed by atoms with van der Waals surface area (Å²) < 4.78 is 32.4. The SMILES string of the molecule is CC(C)(C)C[C@@H]1N[C@@H](C(=O)Nc2ccn(CC(N)=O)n2)[C@H](c2cccc(Cl)c2F)[C@@]1(N)c1ccc(Cl)cc1F. The lowest BCUT2D eigenvalue weighted by atomic mass is 9.68. The van der Waals surface area contributed by atoms with Crippen molar-refractivity contribution in [3.63, 3.8) is 0 Å². The van der Waals surface area contributed by atoms with Gasteiger partial charge in [-0.05, 0) is 35.6 Å². The molecule has 1 fully saturated rings. The molecule has 12 heteroatoms. The van der Waals surface area contributed by atoms with Gasteiger partial charge >= 0.3 is 0 Å². The number of hydrogen-bond acceptors (Lipinski definition) is 5. The van der Waals surface area contributed by atoms with Crippen molar-refractivity contribution in [3.05, 3.63) is 81.5 Å². The van der Waals surface area contributed by atoms with Gasteiger partial charge in [-0.15, -0.1) is 0 Å². The second kappa shape index (κ2) is 10.8. The predicted molar refractivity (Wildman–Crippen MR) is 146 cm³/mol. The van der Waals surface area contributed by atoms with Crippen molar-refractivity contribution >= 4 is 40.8 Å². The molecule has 2 amide bonds. The van der Waals surface area contributed by atoms with Crippen LogP contribution < -0.4 is 22.1 Å². The summed E-state index contributed by atoms with van der Waals surface area (Å²) in [5.74, 6) is -3.56. The molecule has 0 saturated carbocycles. The first-order chi connectivity index (χ1) is 18.2. The molecule has 0 aliphatic carbocycles. The Morgan fingerprint density at radius 2 is 1.90 bits per heavy atom. The van der Waals surface area contributed by atoms with Gasteiger partial charge < -0.3 is 22.1 Å². The third kappa shape index (κ3) is 5.94. The third-order valence-electron chi connectivity index (χ3n) is 6.83. The third-order valence-corrected chi connectivity index (χ3v) is 7.36. The highest BCUT2D eigenvalue weighted by Gasteiger charge is 2.58. The summed E-state index contributed by atoms with van der Waals surface area (Å²) in [6.45, 7) is 5.78. The molecule has 0 unspecified atom stereocenters. The maximum Gasteiger partial charge on any atom is 0.243 e. The Kier molecular flexibility index (Phi) is 8.05. The molecule has 1 aromatic heterocycles. The fourth-order valence-corrected chi connectivity index (χ4v) is 5.62. The van der Waals surface area contributed by atoms with Gasteiger partial charge in [0.1, 0.15) is 18.2 Å². The Morgan fingerprint density at radius 1 is 1.18 bits per heavy atom. The van der Waals surface area contributed by atoms with E-state index in [1.807, 2.05) is 20.8 Å². The van der Waals surface area contributed by atoms with Crippen molar-refractivity contribution in [3.8, 4) is 0 Å². The second-order valence-electron chi connectivity index (χ2n) is 11.0. The normalized spacial score (nSPS) is 23.1. The number of carbonyl (C=O) groups is 2. The number of primary amides is 1. The molecule has 4 atom stereocenters. The summed E-state index contributed by atoms with van der Waals surface area (Å²) in [5.41, 5.74) is 10.6. The molecular weight excluding hydrogens is 549 g/mol. The van der Waals surface area contributed by atoms with Gasteiger partial charge in [0.15, 0.2) is 5.82 Å². The lowest BCUT2D eigenvalue weighted by Gasteiger charge is -2.40. The summed E-state index contributed by atoms with van der Waals surface area (Å²) in [5, 5.41) is 10.1. The van der Waals surface area contributed by atoms with Crippen molar-refractivity contribution in [2.24, 2.45) is 16.9 Å². The topological polar surface area (TPSA) is 128 Å². The summed E-state index contributed by atoms with van der Waals surface area (Å²) in [6.07, 6.45) is 1.90. The molecule has 8 nitrogen and oxygen atoms in total. The molecule has 6 N–H and O–H groups in total. The Labute approximate surface area is 235 Å². The zero-order valence-electron chi connectivity index (χ0n) is 21.6. The minimum Gasteiger partial charge on any atom is -0.368 e. The molecule has 0 radical (unpaired) electrons. The highest BCUT2D eigenvalue weighted by molar-refractivity contribution is 6.31. The summed E-state index contributed by atoms with van der Waals surface area (Å²) in [7, 11) is 0. The van der Waals surface area contributed by atoms with Gasteiger partial charge in [-0.25, -0.2) is 8.78 Å². The number of benzene rings is 2. The maximum atomic E-state index is 15.6. The molecule has 1 saturated heterocycles. The monoisotopic (exact) mass is 578 g/mol. The molecule has 208 valence electrons. The second-order valence-corrected chi connectivity index (χ2v) is 11.8. The highest BCUT2D eigenvalue weighted by atomic mass is 35.5. The molecule has 1 aliphatic heterocycles. The molecule has 4 rings (SSSR count). The molecule has 0 spiro atoms.